The Morgan fingerprint density at radius 2 is 1.97 bits per heavy atom. The van der Waals surface area contributed by atoms with Crippen LogP contribution in [-0.2, 0) is 10.2 Å². The normalized spacial score (nSPS) is 12.4. The van der Waals surface area contributed by atoms with E-state index in [4.69, 9.17) is 4.74 Å². The summed E-state index contributed by atoms with van der Waals surface area (Å²) < 4.78 is 5.64. The molecule has 0 aliphatic carbocycles. The van der Waals surface area contributed by atoms with Crippen molar-refractivity contribution in [2.75, 3.05) is 12.4 Å². The number of hydrogen-bond acceptors (Lipinski definition) is 6. The first-order valence-electron chi connectivity index (χ1n) is 11.2. The van der Waals surface area contributed by atoms with Gasteiger partial charge >= 0.3 is 0 Å². The van der Waals surface area contributed by atoms with Crippen molar-refractivity contribution in [3.05, 3.63) is 78.3 Å². The van der Waals surface area contributed by atoms with Crippen LogP contribution in [-0.4, -0.2) is 29.1 Å². The maximum absolute atomic E-state index is 11.7. The van der Waals surface area contributed by atoms with Gasteiger partial charge in [-0.2, -0.15) is 0 Å². The lowest BCUT2D eigenvalue weighted by Gasteiger charge is -2.20. The highest BCUT2D eigenvalue weighted by molar-refractivity contribution is 5.94. The topological polar surface area (TPSA) is 88.5 Å². The standard InChI is InChI=1S/C27H31N5O2/c1-6-9-23(26(33)28-5)29-14-8-15-34-21-12-13-22-24(17-21)30-18-25(32-22)31-20-11-7-10-19(16-20)27(2,3)4/h7-18H,6H2,1-5H3,(H,28,33)(H,31,32)/b15-8+,23-9-,29-14-. The van der Waals surface area contributed by atoms with E-state index in [0.29, 0.717) is 17.3 Å². The van der Waals surface area contributed by atoms with Crippen molar-refractivity contribution in [2.24, 2.45) is 4.99 Å². The fourth-order valence-electron chi connectivity index (χ4n) is 3.14. The van der Waals surface area contributed by atoms with Crippen LogP contribution in [0.5, 0.6) is 5.75 Å². The van der Waals surface area contributed by atoms with Crippen LogP contribution in [0.3, 0.4) is 0 Å². The monoisotopic (exact) mass is 457 g/mol. The van der Waals surface area contributed by atoms with Crippen LogP contribution in [0.15, 0.2) is 77.8 Å². The Hall–Kier alpha value is -4.00. The SMILES string of the molecule is CC\C=C(/N=C\C=C\Oc1ccc2nc(Nc3cccc(C(C)(C)C)c3)cnc2c1)C(=O)NC. The van der Waals surface area contributed by atoms with E-state index >= 15 is 0 Å². The number of hydrogen-bond donors (Lipinski definition) is 2. The molecule has 7 nitrogen and oxygen atoms in total. The molecule has 34 heavy (non-hydrogen) atoms. The molecule has 0 saturated carbocycles. The average molecular weight is 458 g/mol. The highest BCUT2D eigenvalue weighted by Crippen LogP contribution is 2.26. The molecule has 1 amide bonds. The number of carbonyl (C=O) groups is 1. The zero-order valence-corrected chi connectivity index (χ0v) is 20.3. The molecule has 0 unspecified atom stereocenters. The zero-order chi connectivity index (χ0) is 24.6. The van der Waals surface area contributed by atoms with Gasteiger partial charge in [-0.05, 0) is 47.7 Å². The molecule has 2 N–H and O–H groups in total. The number of nitrogens with one attached hydrogen (secondary N) is 2. The smallest absolute Gasteiger partial charge is 0.269 e. The zero-order valence-electron chi connectivity index (χ0n) is 20.3. The summed E-state index contributed by atoms with van der Waals surface area (Å²) in [5.41, 5.74) is 4.14. The maximum atomic E-state index is 11.7. The number of likely N-dealkylation sites (N-methyl/N-ethyl adjacent to an activating group) is 1. The van der Waals surface area contributed by atoms with Crippen molar-refractivity contribution >= 4 is 34.7 Å². The first-order valence-corrected chi connectivity index (χ1v) is 11.2. The Bertz CT molecular complexity index is 1240. The van der Waals surface area contributed by atoms with Gasteiger partial charge in [0.1, 0.15) is 17.3 Å². The summed E-state index contributed by atoms with van der Waals surface area (Å²) in [5.74, 6) is 1.08. The molecule has 0 saturated heterocycles. The number of rotatable bonds is 8. The van der Waals surface area contributed by atoms with Crippen molar-refractivity contribution in [1.82, 2.24) is 15.3 Å². The summed E-state index contributed by atoms with van der Waals surface area (Å²) in [6, 6.07) is 13.8. The number of anilines is 2. The number of aromatic nitrogens is 2. The molecular formula is C27H31N5O2. The van der Waals surface area contributed by atoms with Gasteiger partial charge in [0, 0.05) is 25.0 Å². The van der Waals surface area contributed by atoms with E-state index in [1.165, 1.54) is 18.0 Å². The van der Waals surface area contributed by atoms with Crippen molar-refractivity contribution in [3.63, 3.8) is 0 Å². The number of amides is 1. The van der Waals surface area contributed by atoms with Crippen molar-refractivity contribution < 1.29 is 9.53 Å². The van der Waals surface area contributed by atoms with Gasteiger partial charge in [-0.25, -0.2) is 4.98 Å². The summed E-state index contributed by atoms with van der Waals surface area (Å²) in [6.07, 6.45) is 8.84. The Kier molecular flexibility index (Phi) is 8.14. The number of fused-ring (bicyclic) bond motifs is 1. The third kappa shape index (κ3) is 6.75. The van der Waals surface area contributed by atoms with E-state index in [-0.39, 0.29) is 11.3 Å². The van der Waals surface area contributed by atoms with Gasteiger partial charge in [0.2, 0.25) is 0 Å². The fourth-order valence-corrected chi connectivity index (χ4v) is 3.14. The van der Waals surface area contributed by atoms with Crippen LogP contribution >= 0.6 is 0 Å². The number of carbonyl (C=O) groups excluding carboxylic acids is 1. The molecule has 1 heterocycles. The van der Waals surface area contributed by atoms with E-state index < -0.39 is 0 Å². The van der Waals surface area contributed by atoms with Gasteiger partial charge in [0.25, 0.3) is 5.91 Å². The number of nitrogens with zero attached hydrogens (tertiary/aromatic N) is 3. The second-order valence-corrected chi connectivity index (χ2v) is 8.66. The quantitative estimate of drug-likeness (QED) is 0.258. The molecule has 7 heteroatoms. The molecule has 0 aliphatic rings. The molecule has 0 aliphatic heterocycles. The lowest BCUT2D eigenvalue weighted by atomic mass is 9.87. The summed E-state index contributed by atoms with van der Waals surface area (Å²) in [7, 11) is 1.58. The highest BCUT2D eigenvalue weighted by Gasteiger charge is 2.13. The number of ether oxygens (including phenoxy) is 1. The molecule has 0 bridgehead atoms. The minimum atomic E-state index is -0.226. The molecule has 0 atom stereocenters. The predicted octanol–water partition coefficient (Wildman–Crippen LogP) is 5.67. The summed E-state index contributed by atoms with van der Waals surface area (Å²) in [5, 5.41) is 5.90. The van der Waals surface area contributed by atoms with E-state index in [0.717, 1.165) is 23.1 Å². The summed E-state index contributed by atoms with van der Waals surface area (Å²) in [4.78, 5) is 25.1. The Labute approximate surface area is 200 Å². The van der Waals surface area contributed by atoms with Crippen LogP contribution < -0.4 is 15.4 Å². The summed E-state index contributed by atoms with van der Waals surface area (Å²) >= 11 is 0. The first kappa shape index (κ1) is 24.6. The van der Waals surface area contributed by atoms with Crippen LogP contribution in [0.2, 0.25) is 0 Å². The van der Waals surface area contributed by atoms with Gasteiger partial charge in [-0.1, -0.05) is 45.9 Å². The van der Waals surface area contributed by atoms with E-state index in [1.54, 1.807) is 25.4 Å². The van der Waals surface area contributed by atoms with Crippen molar-refractivity contribution in [1.29, 1.82) is 0 Å². The molecule has 1 aromatic heterocycles. The van der Waals surface area contributed by atoms with E-state index in [2.05, 4.69) is 58.5 Å². The summed E-state index contributed by atoms with van der Waals surface area (Å²) in [6.45, 7) is 8.52. The molecule has 0 fully saturated rings. The lowest BCUT2D eigenvalue weighted by molar-refractivity contribution is -0.117. The third-order valence-electron chi connectivity index (χ3n) is 4.95. The van der Waals surface area contributed by atoms with Gasteiger partial charge in [0.05, 0.1) is 23.5 Å². The minimum Gasteiger partial charge on any atom is -0.465 e. The van der Waals surface area contributed by atoms with Crippen LogP contribution in [0.25, 0.3) is 11.0 Å². The Balaban J connectivity index is 1.66. The number of benzene rings is 2. The number of aliphatic imine (C=N–C) groups is 1. The molecule has 2 aromatic carbocycles. The number of allylic oxidation sites excluding steroid dienone is 2. The van der Waals surface area contributed by atoms with Crippen LogP contribution in [0.1, 0.15) is 39.7 Å². The van der Waals surface area contributed by atoms with Crippen LogP contribution in [0.4, 0.5) is 11.5 Å². The second-order valence-electron chi connectivity index (χ2n) is 8.66. The largest absolute Gasteiger partial charge is 0.465 e. The lowest BCUT2D eigenvalue weighted by Crippen LogP contribution is -2.19. The molecule has 0 radical (unpaired) electrons. The van der Waals surface area contributed by atoms with Crippen molar-refractivity contribution in [2.45, 2.75) is 39.5 Å². The third-order valence-corrected chi connectivity index (χ3v) is 4.95. The van der Waals surface area contributed by atoms with Gasteiger partial charge < -0.3 is 15.4 Å². The van der Waals surface area contributed by atoms with E-state index in [1.807, 2.05) is 37.3 Å². The molecule has 3 aromatic rings. The predicted molar refractivity (Wildman–Crippen MR) is 139 cm³/mol. The fraction of sp³-hybridized carbons (Fsp3) is 0.259. The Morgan fingerprint density at radius 1 is 1.15 bits per heavy atom. The molecule has 176 valence electrons. The maximum Gasteiger partial charge on any atom is 0.269 e. The van der Waals surface area contributed by atoms with E-state index in [9.17, 15) is 4.79 Å². The average Bonchev–Trinajstić information content (AvgIpc) is 2.82. The van der Waals surface area contributed by atoms with Gasteiger partial charge in [-0.15, -0.1) is 0 Å². The highest BCUT2D eigenvalue weighted by atomic mass is 16.5. The molecule has 3 rings (SSSR count). The molecule has 0 spiro atoms. The minimum absolute atomic E-state index is 0.0715. The van der Waals surface area contributed by atoms with Crippen LogP contribution in [0, 0.1) is 0 Å². The molecular weight excluding hydrogens is 426 g/mol. The van der Waals surface area contributed by atoms with Gasteiger partial charge in [-0.3, -0.25) is 14.8 Å². The van der Waals surface area contributed by atoms with Gasteiger partial charge in [0.15, 0.2) is 0 Å². The second kappa shape index (κ2) is 11.2. The van der Waals surface area contributed by atoms with Crippen molar-refractivity contribution in [3.8, 4) is 5.75 Å². The first-order chi connectivity index (χ1) is 16.3. The Morgan fingerprint density at radius 3 is 2.71 bits per heavy atom.